The third-order valence-electron chi connectivity index (χ3n) is 5.33. The number of hydrogen-bond acceptors (Lipinski definition) is 3. The first kappa shape index (κ1) is 19.5. The van der Waals surface area contributed by atoms with Crippen LogP contribution < -0.4 is 10.9 Å². The molecule has 1 amide bonds. The van der Waals surface area contributed by atoms with Gasteiger partial charge in [0.05, 0.1) is 5.69 Å². The molecule has 5 nitrogen and oxygen atoms in total. The first-order valence-electron chi connectivity index (χ1n) is 10.2. The van der Waals surface area contributed by atoms with Crippen LogP contribution in [0.15, 0.2) is 108 Å². The first-order chi connectivity index (χ1) is 15.7. The Morgan fingerprint density at radius 1 is 0.719 bits per heavy atom. The molecule has 0 aliphatic heterocycles. The van der Waals surface area contributed by atoms with Gasteiger partial charge in [0.15, 0.2) is 0 Å². The summed E-state index contributed by atoms with van der Waals surface area (Å²) in [5.41, 5.74) is 2.69. The standard InChI is InChI=1S/C27H19N3O2/c31-26(28-22-16-15-18-9-7-8-14-21(18)17-22)24-23(19-10-3-1-4-11-19)25(29-30-27(24)32)20-12-5-2-6-13-20/h1-17H,(H,28,31)(H,30,32). The monoisotopic (exact) mass is 417 g/mol. The van der Waals surface area contributed by atoms with Gasteiger partial charge in [0.2, 0.25) is 0 Å². The van der Waals surface area contributed by atoms with Gasteiger partial charge in [-0.25, -0.2) is 5.10 Å². The highest BCUT2D eigenvalue weighted by Gasteiger charge is 2.23. The summed E-state index contributed by atoms with van der Waals surface area (Å²) in [7, 11) is 0. The number of rotatable bonds is 4. The van der Waals surface area contributed by atoms with Gasteiger partial charge in [0.1, 0.15) is 5.56 Å². The van der Waals surface area contributed by atoms with Crippen molar-refractivity contribution < 1.29 is 4.79 Å². The Labute approximate surface area is 184 Å². The molecular weight excluding hydrogens is 398 g/mol. The number of fused-ring (bicyclic) bond motifs is 1. The third-order valence-corrected chi connectivity index (χ3v) is 5.33. The lowest BCUT2D eigenvalue weighted by atomic mass is 9.95. The molecule has 5 rings (SSSR count). The molecule has 5 heteroatoms. The summed E-state index contributed by atoms with van der Waals surface area (Å²) in [4.78, 5) is 26.3. The molecule has 0 radical (unpaired) electrons. The number of hydrogen-bond donors (Lipinski definition) is 2. The van der Waals surface area contributed by atoms with Crippen molar-refractivity contribution in [1.29, 1.82) is 0 Å². The Morgan fingerprint density at radius 2 is 1.34 bits per heavy atom. The minimum absolute atomic E-state index is 0.0261. The van der Waals surface area contributed by atoms with Gasteiger partial charge in [-0.15, -0.1) is 0 Å². The molecule has 0 saturated carbocycles. The highest BCUT2D eigenvalue weighted by Crippen LogP contribution is 2.32. The fraction of sp³-hybridized carbons (Fsp3) is 0. The van der Waals surface area contributed by atoms with E-state index in [0.717, 1.165) is 21.9 Å². The Balaban J connectivity index is 1.65. The smallest absolute Gasteiger partial charge is 0.277 e. The average Bonchev–Trinajstić information content (AvgIpc) is 2.84. The van der Waals surface area contributed by atoms with Crippen molar-refractivity contribution in [2.45, 2.75) is 0 Å². The van der Waals surface area contributed by atoms with Gasteiger partial charge < -0.3 is 5.32 Å². The van der Waals surface area contributed by atoms with E-state index in [1.807, 2.05) is 103 Å². The van der Waals surface area contributed by atoms with Crippen LogP contribution in [-0.4, -0.2) is 16.1 Å². The van der Waals surface area contributed by atoms with Crippen molar-refractivity contribution >= 4 is 22.4 Å². The van der Waals surface area contributed by atoms with Crippen LogP contribution in [0.5, 0.6) is 0 Å². The third kappa shape index (κ3) is 3.68. The van der Waals surface area contributed by atoms with E-state index in [1.54, 1.807) is 0 Å². The summed E-state index contributed by atoms with van der Waals surface area (Å²) in [6, 6.07) is 32.4. The molecule has 0 bridgehead atoms. The van der Waals surface area contributed by atoms with E-state index < -0.39 is 11.5 Å². The molecule has 0 spiro atoms. The lowest BCUT2D eigenvalue weighted by molar-refractivity contribution is 0.102. The maximum absolute atomic E-state index is 13.4. The van der Waals surface area contributed by atoms with Gasteiger partial charge in [0, 0.05) is 16.8 Å². The van der Waals surface area contributed by atoms with Crippen molar-refractivity contribution in [2.75, 3.05) is 5.32 Å². The topological polar surface area (TPSA) is 74.8 Å². The van der Waals surface area contributed by atoms with Gasteiger partial charge in [-0.1, -0.05) is 91.0 Å². The van der Waals surface area contributed by atoms with E-state index >= 15 is 0 Å². The van der Waals surface area contributed by atoms with Gasteiger partial charge >= 0.3 is 0 Å². The summed E-state index contributed by atoms with van der Waals surface area (Å²) in [5, 5.41) is 11.8. The molecule has 0 fully saturated rings. The van der Waals surface area contributed by atoms with Crippen LogP contribution in [0.1, 0.15) is 10.4 Å². The molecule has 4 aromatic carbocycles. The summed E-state index contributed by atoms with van der Waals surface area (Å²) in [5.74, 6) is -0.486. The molecule has 2 N–H and O–H groups in total. The van der Waals surface area contributed by atoms with Crippen LogP contribution in [-0.2, 0) is 0 Å². The number of carbonyl (C=O) groups is 1. The zero-order valence-corrected chi connectivity index (χ0v) is 17.1. The molecular formula is C27H19N3O2. The molecule has 1 heterocycles. The Kier molecular flexibility index (Phi) is 5.06. The van der Waals surface area contributed by atoms with Crippen LogP contribution in [0.2, 0.25) is 0 Å². The van der Waals surface area contributed by atoms with Gasteiger partial charge in [-0.3, -0.25) is 9.59 Å². The van der Waals surface area contributed by atoms with Crippen molar-refractivity contribution in [3.63, 3.8) is 0 Å². The number of H-pyrrole nitrogens is 1. The molecule has 0 aliphatic rings. The minimum Gasteiger partial charge on any atom is -0.322 e. The predicted octanol–water partition coefficient (Wildman–Crippen LogP) is 5.51. The van der Waals surface area contributed by atoms with E-state index in [1.165, 1.54) is 0 Å². The second kappa shape index (κ2) is 8.32. The predicted molar refractivity (Wildman–Crippen MR) is 128 cm³/mol. The Hall–Kier alpha value is -4.51. The number of benzene rings is 4. The number of carbonyl (C=O) groups excluding carboxylic acids is 1. The largest absolute Gasteiger partial charge is 0.322 e. The number of aromatic nitrogens is 2. The SMILES string of the molecule is O=C(Nc1ccc2ccccc2c1)c1c(-c2ccccc2)c(-c2ccccc2)n[nH]c1=O. The van der Waals surface area contributed by atoms with Crippen LogP contribution >= 0.6 is 0 Å². The lowest BCUT2D eigenvalue weighted by Crippen LogP contribution is -2.26. The zero-order chi connectivity index (χ0) is 21.9. The van der Waals surface area contributed by atoms with Gasteiger partial charge in [-0.05, 0) is 28.5 Å². The van der Waals surface area contributed by atoms with Crippen LogP contribution in [0.3, 0.4) is 0 Å². The summed E-state index contributed by atoms with van der Waals surface area (Å²) < 4.78 is 0. The number of anilines is 1. The summed E-state index contributed by atoms with van der Waals surface area (Å²) in [6.45, 7) is 0. The van der Waals surface area contributed by atoms with E-state index in [0.29, 0.717) is 16.9 Å². The number of aromatic amines is 1. The molecule has 5 aromatic rings. The Morgan fingerprint density at radius 3 is 2.06 bits per heavy atom. The lowest BCUT2D eigenvalue weighted by Gasteiger charge is -2.14. The average molecular weight is 417 g/mol. The molecule has 32 heavy (non-hydrogen) atoms. The van der Waals surface area contributed by atoms with Crippen molar-refractivity contribution in [2.24, 2.45) is 0 Å². The second-order valence-corrected chi connectivity index (χ2v) is 7.40. The molecule has 0 aliphatic carbocycles. The fourth-order valence-electron chi connectivity index (χ4n) is 3.82. The van der Waals surface area contributed by atoms with Gasteiger partial charge in [0.25, 0.3) is 11.5 Å². The highest BCUT2D eigenvalue weighted by atomic mass is 16.2. The van der Waals surface area contributed by atoms with Gasteiger partial charge in [-0.2, -0.15) is 5.10 Å². The zero-order valence-electron chi connectivity index (χ0n) is 17.1. The Bertz CT molecular complexity index is 1480. The molecule has 0 unspecified atom stereocenters. The van der Waals surface area contributed by atoms with E-state index in [-0.39, 0.29) is 5.56 Å². The van der Waals surface area contributed by atoms with Crippen molar-refractivity contribution in [3.05, 3.63) is 119 Å². The second-order valence-electron chi connectivity index (χ2n) is 7.40. The van der Waals surface area contributed by atoms with E-state index in [9.17, 15) is 9.59 Å². The van der Waals surface area contributed by atoms with Crippen molar-refractivity contribution in [1.82, 2.24) is 10.2 Å². The summed E-state index contributed by atoms with van der Waals surface area (Å²) >= 11 is 0. The maximum Gasteiger partial charge on any atom is 0.277 e. The molecule has 0 atom stereocenters. The number of amides is 1. The summed E-state index contributed by atoms with van der Waals surface area (Å²) in [6.07, 6.45) is 0. The fourth-order valence-corrected chi connectivity index (χ4v) is 3.82. The first-order valence-corrected chi connectivity index (χ1v) is 10.2. The quantitative estimate of drug-likeness (QED) is 0.405. The molecule has 154 valence electrons. The van der Waals surface area contributed by atoms with E-state index in [4.69, 9.17) is 0 Å². The normalized spacial score (nSPS) is 10.8. The van der Waals surface area contributed by atoms with Crippen LogP contribution in [0.25, 0.3) is 33.2 Å². The number of nitrogens with one attached hydrogen (secondary N) is 2. The van der Waals surface area contributed by atoms with Crippen molar-refractivity contribution in [3.8, 4) is 22.4 Å². The minimum atomic E-state index is -0.540. The van der Waals surface area contributed by atoms with Crippen LogP contribution in [0, 0.1) is 0 Å². The highest BCUT2D eigenvalue weighted by molar-refractivity contribution is 6.10. The van der Waals surface area contributed by atoms with Crippen LogP contribution in [0.4, 0.5) is 5.69 Å². The molecule has 0 saturated heterocycles. The maximum atomic E-state index is 13.4. The molecule has 1 aromatic heterocycles. The van der Waals surface area contributed by atoms with E-state index in [2.05, 4.69) is 15.5 Å². The number of nitrogens with zero attached hydrogens (tertiary/aromatic N) is 1.